The number of carbonyl (C=O) groups is 1. The molecule has 0 bridgehead atoms. The molecule has 0 aliphatic carbocycles. The van der Waals surface area contributed by atoms with Gasteiger partial charge in [-0.15, -0.1) is 0 Å². The second kappa shape index (κ2) is 6.69. The van der Waals surface area contributed by atoms with Crippen molar-refractivity contribution >= 4 is 44.9 Å². The molecule has 0 unspecified atom stereocenters. The standard InChI is InChI=1S/C13H9Cl2FN2O4S/c1-22-13(19)7-4-8(6-17-5-7)18-23(20,21)10-3-2-9(14)12(16)11(10)15/h2-6,18H,1H3. The van der Waals surface area contributed by atoms with Crippen LogP contribution in [0.5, 0.6) is 0 Å². The molecule has 0 fully saturated rings. The van der Waals surface area contributed by atoms with Gasteiger partial charge in [-0.2, -0.15) is 0 Å². The van der Waals surface area contributed by atoms with E-state index in [1.54, 1.807) is 0 Å². The van der Waals surface area contributed by atoms with Crippen molar-refractivity contribution in [2.75, 3.05) is 11.8 Å². The van der Waals surface area contributed by atoms with Crippen molar-refractivity contribution < 1.29 is 22.3 Å². The van der Waals surface area contributed by atoms with Gasteiger partial charge in [0.2, 0.25) is 0 Å². The van der Waals surface area contributed by atoms with Gasteiger partial charge in [-0.3, -0.25) is 9.71 Å². The second-order valence-corrected chi connectivity index (χ2v) is 6.67. The van der Waals surface area contributed by atoms with Gasteiger partial charge in [-0.1, -0.05) is 23.2 Å². The Morgan fingerprint density at radius 2 is 2.00 bits per heavy atom. The normalized spacial score (nSPS) is 11.1. The molecule has 1 N–H and O–H groups in total. The highest BCUT2D eigenvalue weighted by Gasteiger charge is 2.22. The van der Waals surface area contributed by atoms with E-state index in [9.17, 15) is 17.6 Å². The molecule has 0 aliphatic rings. The number of pyridine rings is 1. The quantitative estimate of drug-likeness (QED) is 0.652. The number of carbonyl (C=O) groups excluding carboxylic acids is 1. The number of rotatable bonds is 4. The van der Waals surface area contributed by atoms with Crippen LogP contribution in [0.3, 0.4) is 0 Å². The molecule has 1 aromatic carbocycles. The zero-order chi connectivity index (χ0) is 17.2. The average Bonchev–Trinajstić information content (AvgIpc) is 2.51. The van der Waals surface area contributed by atoms with Crippen LogP contribution in [0.1, 0.15) is 10.4 Å². The lowest BCUT2D eigenvalue weighted by atomic mass is 10.3. The first-order chi connectivity index (χ1) is 10.8. The molecule has 122 valence electrons. The van der Waals surface area contributed by atoms with Gasteiger partial charge in [0, 0.05) is 6.20 Å². The molecule has 0 saturated heterocycles. The summed E-state index contributed by atoms with van der Waals surface area (Å²) in [6.45, 7) is 0. The molecule has 2 rings (SSSR count). The van der Waals surface area contributed by atoms with Gasteiger partial charge in [-0.05, 0) is 18.2 Å². The fourth-order valence-corrected chi connectivity index (χ4v) is 3.43. The molecular weight excluding hydrogens is 370 g/mol. The monoisotopic (exact) mass is 378 g/mol. The molecule has 0 amide bonds. The highest BCUT2D eigenvalue weighted by atomic mass is 35.5. The molecule has 0 spiro atoms. The third-order valence-corrected chi connectivity index (χ3v) is 4.90. The Morgan fingerprint density at radius 3 is 2.65 bits per heavy atom. The maximum absolute atomic E-state index is 13.6. The van der Waals surface area contributed by atoms with E-state index in [1.807, 2.05) is 0 Å². The number of benzene rings is 1. The SMILES string of the molecule is COC(=O)c1cncc(NS(=O)(=O)c2ccc(Cl)c(F)c2Cl)c1. The van der Waals surface area contributed by atoms with Crippen molar-refractivity contribution in [2.45, 2.75) is 4.90 Å². The molecule has 2 aromatic rings. The predicted octanol–water partition coefficient (Wildman–Crippen LogP) is 3.11. The number of nitrogens with one attached hydrogen (secondary N) is 1. The number of ether oxygens (including phenoxy) is 1. The van der Waals surface area contributed by atoms with Crippen molar-refractivity contribution in [3.05, 3.63) is 52.0 Å². The van der Waals surface area contributed by atoms with Crippen molar-refractivity contribution in [1.29, 1.82) is 0 Å². The predicted molar refractivity (Wildman–Crippen MR) is 82.8 cm³/mol. The number of esters is 1. The van der Waals surface area contributed by atoms with E-state index in [4.69, 9.17) is 23.2 Å². The topological polar surface area (TPSA) is 85.4 Å². The van der Waals surface area contributed by atoms with Gasteiger partial charge in [0.1, 0.15) is 4.90 Å². The minimum absolute atomic E-state index is 0.0145. The van der Waals surface area contributed by atoms with E-state index >= 15 is 0 Å². The smallest absolute Gasteiger partial charge is 0.339 e. The van der Waals surface area contributed by atoms with Crippen LogP contribution in [0.15, 0.2) is 35.5 Å². The van der Waals surface area contributed by atoms with Gasteiger partial charge in [0.05, 0.1) is 34.6 Å². The van der Waals surface area contributed by atoms with E-state index in [0.717, 1.165) is 12.1 Å². The first-order valence-corrected chi connectivity index (χ1v) is 8.20. The fourth-order valence-electron chi connectivity index (χ4n) is 1.65. The van der Waals surface area contributed by atoms with E-state index < -0.39 is 31.7 Å². The number of hydrogen-bond acceptors (Lipinski definition) is 5. The number of anilines is 1. The van der Waals surface area contributed by atoms with Crippen LogP contribution in [0, 0.1) is 5.82 Å². The average molecular weight is 379 g/mol. The van der Waals surface area contributed by atoms with Gasteiger partial charge in [0.25, 0.3) is 10.0 Å². The third-order valence-electron chi connectivity index (χ3n) is 2.70. The molecule has 10 heteroatoms. The van der Waals surface area contributed by atoms with Crippen molar-refractivity contribution in [3.63, 3.8) is 0 Å². The van der Waals surface area contributed by atoms with Gasteiger partial charge < -0.3 is 4.74 Å². The summed E-state index contributed by atoms with van der Waals surface area (Å²) in [5.74, 6) is -1.73. The van der Waals surface area contributed by atoms with Crippen LogP contribution < -0.4 is 4.72 Å². The third kappa shape index (κ3) is 3.72. The summed E-state index contributed by atoms with van der Waals surface area (Å²) in [6, 6.07) is 3.35. The minimum Gasteiger partial charge on any atom is -0.465 e. The Hall–Kier alpha value is -1.90. The number of hydrogen-bond donors (Lipinski definition) is 1. The van der Waals surface area contributed by atoms with Crippen LogP contribution in [0.4, 0.5) is 10.1 Å². The number of nitrogens with zero attached hydrogens (tertiary/aromatic N) is 1. The first-order valence-electron chi connectivity index (χ1n) is 5.96. The van der Waals surface area contributed by atoms with Crippen LogP contribution in [-0.2, 0) is 14.8 Å². The van der Waals surface area contributed by atoms with Crippen molar-refractivity contribution in [3.8, 4) is 0 Å². The van der Waals surface area contributed by atoms with E-state index in [-0.39, 0.29) is 16.3 Å². The molecule has 6 nitrogen and oxygen atoms in total. The highest BCUT2D eigenvalue weighted by molar-refractivity contribution is 7.92. The zero-order valence-electron chi connectivity index (χ0n) is 11.5. The Labute approximate surface area is 141 Å². The molecule has 1 heterocycles. The molecule has 0 saturated carbocycles. The Bertz CT molecular complexity index is 874. The number of sulfonamides is 1. The van der Waals surface area contributed by atoms with Crippen LogP contribution in [0.2, 0.25) is 10.0 Å². The van der Waals surface area contributed by atoms with Gasteiger partial charge in [-0.25, -0.2) is 17.6 Å². The zero-order valence-corrected chi connectivity index (χ0v) is 13.8. The Balaban J connectivity index is 2.40. The van der Waals surface area contributed by atoms with Gasteiger partial charge in [0.15, 0.2) is 5.82 Å². The molecule has 23 heavy (non-hydrogen) atoms. The lowest BCUT2D eigenvalue weighted by Crippen LogP contribution is -2.15. The second-order valence-electron chi connectivity index (χ2n) is 4.23. The maximum Gasteiger partial charge on any atom is 0.339 e. The molecule has 0 radical (unpaired) electrons. The van der Waals surface area contributed by atoms with Crippen LogP contribution >= 0.6 is 23.2 Å². The van der Waals surface area contributed by atoms with Crippen molar-refractivity contribution in [2.24, 2.45) is 0 Å². The lowest BCUT2D eigenvalue weighted by Gasteiger charge is -2.10. The summed E-state index contributed by atoms with van der Waals surface area (Å²) >= 11 is 11.2. The molecular formula is C13H9Cl2FN2O4S. The highest BCUT2D eigenvalue weighted by Crippen LogP contribution is 2.30. The number of methoxy groups -OCH3 is 1. The summed E-state index contributed by atoms with van der Waals surface area (Å²) in [4.78, 5) is 14.6. The summed E-state index contributed by atoms with van der Waals surface area (Å²) < 4.78 is 44.9. The first kappa shape index (κ1) is 17.5. The molecule has 0 atom stereocenters. The van der Waals surface area contributed by atoms with Crippen molar-refractivity contribution in [1.82, 2.24) is 4.98 Å². The molecule has 1 aromatic heterocycles. The van der Waals surface area contributed by atoms with Crippen LogP contribution in [-0.4, -0.2) is 26.5 Å². The Kier molecular flexibility index (Phi) is 5.08. The van der Waals surface area contributed by atoms with E-state index in [1.165, 1.54) is 25.6 Å². The number of aromatic nitrogens is 1. The fraction of sp³-hybridized carbons (Fsp3) is 0.0769. The van der Waals surface area contributed by atoms with Gasteiger partial charge >= 0.3 is 5.97 Å². The summed E-state index contributed by atoms with van der Waals surface area (Å²) in [6.07, 6.45) is 2.38. The minimum atomic E-state index is -4.21. The van der Waals surface area contributed by atoms with Crippen LogP contribution in [0.25, 0.3) is 0 Å². The lowest BCUT2D eigenvalue weighted by molar-refractivity contribution is 0.0600. The largest absolute Gasteiger partial charge is 0.465 e. The summed E-state index contributed by atoms with van der Waals surface area (Å²) in [7, 11) is -3.03. The van der Waals surface area contributed by atoms with E-state index in [0.29, 0.717) is 0 Å². The van der Waals surface area contributed by atoms with E-state index in [2.05, 4.69) is 14.4 Å². The number of halogens is 3. The Morgan fingerprint density at radius 1 is 1.30 bits per heavy atom. The molecule has 0 aliphatic heterocycles. The maximum atomic E-state index is 13.6. The summed E-state index contributed by atoms with van der Waals surface area (Å²) in [5, 5.41) is -0.939. The summed E-state index contributed by atoms with van der Waals surface area (Å²) in [5.41, 5.74) is 0.0282.